The molecular weight excluding hydrogens is 357 g/mol. The van der Waals surface area contributed by atoms with Gasteiger partial charge in [0.1, 0.15) is 0 Å². The summed E-state index contributed by atoms with van der Waals surface area (Å²) < 4.78 is 136. The summed E-state index contributed by atoms with van der Waals surface area (Å²) in [5, 5.41) is -1.70. The minimum Gasteiger partial charge on any atom is -0.281 e. The Morgan fingerprint density at radius 2 is 1.10 bits per heavy atom. The second kappa shape index (κ2) is 5.43. The molecule has 0 aliphatic rings. The molecule has 0 unspecified atom stereocenters. The third-order valence-corrected chi connectivity index (χ3v) is 2.43. The molecule has 0 aliphatic heterocycles. The SMILES string of the molecule is O=C(Cl)CCC(F)(F)C(F)(F)C(F)(F)C(F)(F)C(F)(F)F. The van der Waals surface area contributed by atoms with Crippen LogP contribution in [-0.4, -0.2) is 35.1 Å². The van der Waals surface area contributed by atoms with E-state index in [2.05, 4.69) is 11.6 Å². The van der Waals surface area contributed by atoms with Gasteiger partial charge in [-0.15, -0.1) is 0 Å². The van der Waals surface area contributed by atoms with Crippen molar-refractivity contribution in [2.45, 2.75) is 42.7 Å². The minimum absolute atomic E-state index is 1.64. The van der Waals surface area contributed by atoms with Crippen LogP contribution in [-0.2, 0) is 4.79 Å². The molecule has 0 aromatic heterocycles. The second-order valence-electron chi connectivity index (χ2n) is 3.78. The fourth-order valence-corrected chi connectivity index (χ4v) is 1.11. The lowest BCUT2D eigenvalue weighted by Gasteiger charge is -2.37. The predicted molar refractivity (Wildman–Crippen MR) is 45.9 cm³/mol. The zero-order chi connectivity index (χ0) is 17.5. The van der Waals surface area contributed by atoms with E-state index >= 15 is 0 Å². The van der Waals surface area contributed by atoms with Gasteiger partial charge in [-0.1, -0.05) is 0 Å². The van der Waals surface area contributed by atoms with E-state index < -0.39 is 48.0 Å². The molecule has 21 heavy (non-hydrogen) atoms. The molecule has 13 heteroatoms. The molecule has 0 aromatic rings. The highest BCUT2D eigenvalue weighted by molar-refractivity contribution is 6.63. The van der Waals surface area contributed by atoms with Crippen molar-refractivity contribution in [3.05, 3.63) is 0 Å². The van der Waals surface area contributed by atoms with Crippen LogP contribution in [0.1, 0.15) is 12.8 Å². The van der Waals surface area contributed by atoms with E-state index in [1.54, 1.807) is 0 Å². The Kier molecular flexibility index (Phi) is 5.22. The third-order valence-electron chi connectivity index (χ3n) is 2.24. The van der Waals surface area contributed by atoms with Crippen molar-refractivity contribution in [1.29, 1.82) is 0 Å². The number of alkyl halides is 11. The molecule has 0 amide bonds. The second-order valence-corrected chi connectivity index (χ2v) is 4.20. The smallest absolute Gasteiger partial charge is 0.281 e. The topological polar surface area (TPSA) is 17.1 Å². The van der Waals surface area contributed by atoms with Gasteiger partial charge in [-0.25, -0.2) is 0 Å². The Hall–Kier alpha value is -0.810. The summed E-state index contributed by atoms with van der Waals surface area (Å²) >= 11 is 4.48. The molecule has 0 N–H and O–H groups in total. The molecule has 0 atom stereocenters. The van der Waals surface area contributed by atoms with Crippen molar-refractivity contribution in [3.8, 4) is 0 Å². The van der Waals surface area contributed by atoms with E-state index in [-0.39, 0.29) is 0 Å². The molecule has 0 saturated heterocycles. The van der Waals surface area contributed by atoms with Gasteiger partial charge < -0.3 is 0 Å². The van der Waals surface area contributed by atoms with Crippen LogP contribution in [0.15, 0.2) is 0 Å². The van der Waals surface area contributed by atoms with E-state index in [9.17, 15) is 53.1 Å². The van der Waals surface area contributed by atoms with E-state index in [0.29, 0.717) is 0 Å². The molecule has 1 nitrogen and oxygen atoms in total. The lowest BCUT2D eigenvalue weighted by Crippen LogP contribution is -2.66. The van der Waals surface area contributed by atoms with Crippen LogP contribution in [0, 0.1) is 0 Å². The van der Waals surface area contributed by atoms with Crippen molar-refractivity contribution < 1.29 is 53.1 Å². The molecular formula is C8H4ClF11O. The first-order valence-corrected chi connectivity index (χ1v) is 5.06. The Bertz CT molecular complexity index is 400. The van der Waals surface area contributed by atoms with Crippen molar-refractivity contribution in [1.82, 2.24) is 0 Å². The van der Waals surface area contributed by atoms with Gasteiger partial charge in [0, 0.05) is 12.8 Å². The monoisotopic (exact) mass is 360 g/mol. The summed E-state index contributed by atoms with van der Waals surface area (Å²) in [6.07, 6.45) is -11.3. The van der Waals surface area contributed by atoms with Crippen LogP contribution in [0.5, 0.6) is 0 Å². The average molecular weight is 361 g/mol. The van der Waals surface area contributed by atoms with Crippen LogP contribution >= 0.6 is 11.6 Å². The fraction of sp³-hybridized carbons (Fsp3) is 0.875. The Morgan fingerprint density at radius 3 is 1.38 bits per heavy atom. The normalized spacial score (nSPS) is 15.2. The molecule has 126 valence electrons. The molecule has 0 heterocycles. The number of rotatable bonds is 6. The van der Waals surface area contributed by atoms with Crippen LogP contribution in [0.3, 0.4) is 0 Å². The van der Waals surface area contributed by atoms with E-state index in [4.69, 9.17) is 0 Å². The number of carbonyl (C=O) groups excluding carboxylic acids is 1. The molecule has 0 aliphatic carbocycles. The maximum absolute atomic E-state index is 12.8. The fourth-order valence-electron chi connectivity index (χ4n) is 1.02. The van der Waals surface area contributed by atoms with Gasteiger partial charge in [-0.3, -0.25) is 4.79 Å². The van der Waals surface area contributed by atoms with Crippen molar-refractivity contribution in [3.63, 3.8) is 0 Å². The highest BCUT2D eigenvalue weighted by Gasteiger charge is 2.86. The summed E-state index contributed by atoms with van der Waals surface area (Å²) in [6.45, 7) is 0. The summed E-state index contributed by atoms with van der Waals surface area (Å²) in [7, 11) is 0. The van der Waals surface area contributed by atoms with Gasteiger partial charge in [0.15, 0.2) is 0 Å². The number of hydrogen-bond acceptors (Lipinski definition) is 1. The van der Waals surface area contributed by atoms with E-state index in [1.165, 1.54) is 0 Å². The Balaban J connectivity index is 5.71. The first-order valence-electron chi connectivity index (χ1n) is 4.68. The maximum atomic E-state index is 12.8. The van der Waals surface area contributed by atoms with Gasteiger partial charge >= 0.3 is 29.9 Å². The van der Waals surface area contributed by atoms with E-state index in [0.717, 1.165) is 0 Å². The van der Waals surface area contributed by atoms with Gasteiger partial charge in [0.05, 0.1) is 0 Å². The first kappa shape index (κ1) is 20.2. The summed E-state index contributed by atoms with van der Waals surface area (Å²) in [6, 6.07) is 0. The largest absolute Gasteiger partial charge is 0.460 e. The van der Waals surface area contributed by atoms with Crippen molar-refractivity contribution in [2.24, 2.45) is 0 Å². The van der Waals surface area contributed by atoms with E-state index in [1.807, 2.05) is 0 Å². The molecule has 0 bridgehead atoms. The van der Waals surface area contributed by atoms with Crippen LogP contribution in [0.2, 0.25) is 0 Å². The van der Waals surface area contributed by atoms with Gasteiger partial charge in [0.2, 0.25) is 5.24 Å². The maximum Gasteiger partial charge on any atom is 0.460 e. The predicted octanol–water partition coefficient (Wildman–Crippen LogP) is 4.64. The third kappa shape index (κ3) is 3.34. The highest BCUT2D eigenvalue weighted by Crippen LogP contribution is 2.58. The first-order chi connectivity index (χ1) is 8.92. The van der Waals surface area contributed by atoms with Crippen LogP contribution in [0.4, 0.5) is 48.3 Å². The molecule has 0 radical (unpaired) electrons. The summed E-state index contributed by atoms with van der Waals surface area (Å²) in [5.41, 5.74) is 0. The molecule has 0 saturated carbocycles. The highest BCUT2D eigenvalue weighted by atomic mass is 35.5. The van der Waals surface area contributed by atoms with Gasteiger partial charge in [0.25, 0.3) is 0 Å². The zero-order valence-electron chi connectivity index (χ0n) is 9.36. The molecule has 0 rings (SSSR count). The molecule has 0 fully saturated rings. The Labute approximate surface area is 114 Å². The van der Waals surface area contributed by atoms with Gasteiger partial charge in [-0.05, 0) is 11.6 Å². The summed E-state index contributed by atoms with van der Waals surface area (Å²) in [4.78, 5) is 10.1. The molecule has 0 aromatic carbocycles. The van der Waals surface area contributed by atoms with Gasteiger partial charge in [-0.2, -0.15) is 48.3 Å². The quantitative estimate of drug-likeness (QED) is 0.498. The van der Waals surface area contributed by atoms with Crippen molar-refractivity contribution >= 4 is 16.8 Å². The number of hydrogen-bond donors (Lipinski definition) is 0. The number of halogens is 12. The number of carbonyl (C=O) groups is 1. The zero-order valence-corrected chi connectivity index (χ0v) is 10.1. The Morgan fingerprint density at radius 1 is 0.714 bits per heavy atom. The van der Waals surface area contributed by atoms with Crippen molar-refractivity contribution in [2.75, 3.05) is 0 Å². The van der Waals surface area contributed by atoms with Crippen LogP contribution in [0.25, 0.3) is 0 Å². The minimum atomic E-state index is -7.45. The lowest BCUT2D eigenvalue weighted by atomic mass is 9.95. The lowest BCUT2D eigenvalue weighted by molar-refractivity contribution is -0.422. The standard InChI is InChI=1S/C8H4ClF11O/c9-3(21)1-2-4(10,11)5(12,13)6(14,15)7(16,17)8(18,19)20/h1-2H2. The van der Waals surface area contributed by atoms with Crippen LogP contribution < -0.4 is 0 Å². The summed E-state index contributed by atoms with van der Waals surface area (Å²) in [5.74, 6) is -28.0. The molecule has 0 spiro atoms. The average Bonchev–Trinajstić information content (AvgIpc) is 2.24.